The molecular formula is C23H19BrN2O4S. The number of methoxy groups -OCH3 is 1. The first-order valence-corrected chi connectivity index (χ1v) is 11.7. The van der Waals surface area contributed by atoms with Crippen molar-refractivity contribution in [1.82, 2.24) is 4.98 Å². The highest BCUT2D eigenvalue weighted by Crippen LogP contribution is 2.33. The number of halogens is 1. The van der Waals surface area contributed by atoms with Crippen molar-refractivity contribution in [3.05, 3.63) is 88.9 Å². The lowest BCUT2D eigenvalue weighted by Gasteiger charge is -2.07. The monoisotopic (exact) mass is 498 g/mol. The van der Waals surface area contributed by atoms with E-state index >= 15 is 0 Å². The Bertz CT molecular complexity index is 1270. The zero-order valence-corrected chi connectivity index (χ0v) is 19.0. The minimum absolute atomic E-state index is 0.0950. The summed E-state index contributed by atoms with van der Waals surface area (Å²) >= 11 is 3.39. The molecule has 1 N–H and O–H groups in total. The fourth-order valence-electron chi connectivity index (χ4n) is 2.95. The van der Waals surface area contributed by atoms with Crippen LogP contribution in [0.5, 0.6) is 5.75 Å². The normalized spacial score (nSPS) is 11.3. The number of benzene rings is 3. The zero-order valence-electron chi connectivity index (χ0n) is 16.6. The lowest BCUT2D eigenvalue weighted by Crippen LogP contribution is -2.07. The number of hydrogen-bond acceptors (Lipinski definition) is 6. The van der Waals surface area contributed by atoms with E-state index in [9.17, 15) is 8.42 Å². The molecule has 0 atom stereocenters. The molecule has 31 heavy (non-hydrogen) atoms. The summed E-state index contributed by atoms with van der Waals surface area (Å²) in [4.78, 5) is 4.50. The minimum atomic E-state index is -3.88. The fourth-order valence-corrected chi connectivity index (χ4v) is 4.52. The van der Waals surface area contributed by atoms with Crippen LogP contribution >= 0.6 is 15.9 Å². The van der Waals surface area contributed by atoms with Crippen molar-refractivity contribution in [3.63, 3.8) is 0 Å². The number of sulfone groups is 1. The molecule has 6 nitrogen and oxygen atoms in total. The zero-order chi connectivity index (χ0) is 21.8. The van der Waals surface area contributed by atoms with Crippen LogP contribution in [0, 0.1) is 0 Å². The third-order valence-electron chi connectivity index (χ3n) is 4.61. The van der Waals surface area contributed by atoms with E-state index in [4.69, 9.17) is 9.15 Å². The number of ether oxygens (including phenoxy) is 1. The molecule has 0 saturated carbocycles. The van der Waals surface area contributed by atoms with Gasteiger partial charge in [0.1, 0.15) is 5.75 Å². The summed E-state index contributed by atoms with van der Waals surface area (Å²) < 4.78 is 38.5. The molecule has 0 spiro atoms. The van der Waals surface area contributed by atoms with Crippen LogP contribution in [0.1, 0.15) is 5.56 Å². The van der Waals surface area contributed by atoms with Gasteiger partial charge in [-0.3, -0.25) is 0 Å². The van der Waals surface area contributed by atoms with E-state index in [0.717, 1.165) is 15.8 Å². The maximum absolute atomic E-state index is 13.3. The molecule has 1 aromatic heterocycles. The van der Waals surface area contributed by atoms with E-state index in [-0.39, 0.29) is 21.7 Å². The van der Waals surface area contributed by atoms with E-state index < -0.39 is 9.84 Å². The van der Waals surface area contributed by atoms with Crippen molar-refractivity contribution in [3.8, 4) is 17.2 Å². The van der Waals surface area contributed by atoms with Crippen LogP contribution in [0.4, 0.5) is 5.88 Å². The van der Waals surface area contributed by atoms with Crippen LogP contribution in [-0.4, -0.2) is 20.5 Å². The van der Waals surface area contributed by atoms with E-state index in [1.54, 1.807) is 25.3 Å². The Kier molecular flexibility index (Phi) is 6.11. The highest BCUT2D eigenvalue weighted by Gasteiger charge is 2.28. The average Bonchev–Trinajstić information content (AvgIpc) is 3.24. The molecule has 4 rings (SSSR count). The first kappa shape index (κ1) is 21.1. The second-order valence-electron chi connectivity index (χ2n) is 6.68. The number of nitrogens with zero attached hydrogens (tertiary/aromatic N) is 1. The fraction of sp³-hybridized carbons (Fsp3) is 0.0870. The molecule has 0 unspecified atom stereocenters. The summed E-state index contributed by atoms with van der Waals surface area (Å²) in [5, 5.41) is 2.94. The maximum atomic E-state index is 13.3. The Hall–Kier alpha value is -3.10. The number of oxazole rings is 1. The Morgan fingerprint density at radius 3 is 2.29 bits per heavy atom. The lowest BCUT2D eigenvalue weighted by atomic mass is 10.2. The Balaban J connectivity index is 1.71. The number of aromatic nitrogens is 1. The van der Waals surface area contributed by atoms with Crippen LogP contribution in [0.15, 0.2) is 97.7 Å². The van der Waals surface area contributed by atoms with Gasteiger partial charge in [-0.2, -0.15) is 4.98 Å². The topological polar surface area (TPSA) is 81.4 Å². The molecule has 8 heteroatoms. The van der Waals surface area contributed by atoms with Gasteiger partial charge >= 0.3 is 0 Å². The summed E-state index contributed by atoms with van der Waals surface area (Å²) in [6.45, 7) is 0.357. The molecule has 0 aliphatic heterocycles. The quantitative estimate of drug-likeness (QED) is 0.359. The van der Waals surface area contributed by atoms with Gasteiger partial charge in [-0.1, -0.05) is 46.3 Å². The van der Waals surface area contributed by atoms with Gasteiger partial charge in [0.15, 0.2) is 0 Å². The SMILES string of the molecule is COc1ccc(CNc2oc(-c3ccc(Br)cc3)nc2S(=O)(=O)c2ccccc2)cc1. The summed E-state index contributed by atoms with van der Waals surface area (Å²) in [6, 6.07) is 22.9. The van der Waals surface area contributed by atoms with Gasteiger partial charge in [-0.05, 0) is 54.1 Å². The second-order valence-corrected chi connectivity index (χ2v) is 9.46. The predicted molar refractivity (Wildman–Crippen MR) is 122 cm³/mol. The number of anilines is 1. The second kappa shape index (κ2) is 8.95. The molecule has 3 aromatic carbocycles. The van der Waals surface area contributed by atoms with Crippen molar-refractivity contribution < 1.29 is 17.6 Å². The summed E-state index contributed by atoms with van der Waals surface area (Å²) in [5.74, 6) is 1.06. The molecule has 158 valence electrons. The van der Waals surface area contributed by atoms with Gasteiger partial charge in [0.2, 0.25) is 26.6 Å². The molecule has 0 aliphatic rings. The van der Waals surface area contributed by atoms with Crippen molar-refractivity contribution in [2.45, 2.75) is 16.5 Å². The third kappa shape index (κ3) is 4.65. The maximum Gasteiger partial charge on any atom is 0.234 e. The molecule has 0 saturated heterocycles. The average molecular weight is 499 g/mol. The van der Waals surface area contributed by atoms with Crippen LogP contribution < -0.4 is 10.1 Å². The summed E-state index contributed by atoms with van der Waals surface area (Å²) in [5.41, 5.74) is 1.61. The highest BCUT2D eigenvalue weighted by atomic mass is 79.9. The molecular weight excluding hydrogens is 480 g/mol. The third-order valence-corrected chi connectivity index (χ3v) is 6.81. The molecule has 0 fully saturated rings. The van der Waals surface area contributed by atoms with Gasteiger partial charge < -0.3 is 14.5 Å². The molecule has 0 amide bonds. The van der Waals surface area contributed by atoms with E-state index in [2.05, 4.69) is 26.2 Å². The van der Waals surface area contributed by atoms with Crippen molar-refractivity contribution in [2.24, 2.45) is 0 Å². The number of hydrogen-bond donors (Lipinski definition) is 1. The molecule has 1 heterocycles. The standard InChI is InChI=1S/C23H19BrN2O4S/c1-29-19-13-7-16(8-14-19)15-25-22-23(31(27,28)20-5-3-2-4-6-20)26-21(30-22)17-9-11-18(24)12-10-17/h2-14,25H,15H2,1H3. The summed E-state index contributed by atoms with van der Waals surface area (Å²) in [6.07, 6.45) is 0. The summed E-state index contributed by atoms with van der Waals surface area (Å²) in [7, 11) is -2.27. The number of nitrogens with one attached hydrogen (secondary N) is 1. The van der Waals surface area contributed by atoms with Crippen molar-refractivity contribution in [1.29, 1.82) is 0 Å². The smallest absolute Gasteiger partial charge is 0.234 e. The van der Waals surface area contributed by atoms with Crippen molar-refractivity contribution >= 4 is 31.7 Å². The predicted octanol–water partition coefficient (Wildman–Crippen LogP) is 5.56. The van der Waals surface area contributed by atoms with E-state index in [1.165, 1.54) is 12.1 Å². The van der Waals surface area contributed by atoms with Crippen LogP contribution in [-0.2, 0) is 16.4 Å². The van der Waals surface area contributed by atoms with Crippen molar-refractivity contribution in [2.75, 3.05) is 12.4 Å². The van der Waals surface area contributed by atoms with Gasteiger partial charge in [0, 0.05) is 16.6 Å². The largest absolute Gasteiger partial charge is 0.497 e. The highest BCUT2D eigenvalue weighted by molar-refractivity contribution is 9.10. The first-order valence-electron chi connectivity index (χ1n) is 9.41. The first-order chi connectivity index (χ1) is 15.0. The van der Waals surface area contributed by atoms with Gasteiger partial charge in [-0.15, -0.1) is 0 Å². The van der Waals surface area contributed by atoms with Gasteiger partial charge in [-0.25, -0.2) is 8.42 Å². The van der Waals surface area contributed by atoms with E-state index in [1.807, 2.05) is 48.5 Å². The Labute approximate surface area is 189 Å². The van der Waals surface area contributed by atoms with Crippen LogP contribution in [0.25, 0.3) is 11.5 Å². The number of rotatable bonds is 7. The van der Waals surface area contributed by atoms with Gasteiger partial charge in [0.25, 0.3) is 0 Å². The Morgan fingerprint density at radius 1 is 0.968 bits per heavy atom. The molecule has 0 aliphatic carbocycles. The lowest BCUT2D eigenvalue weighted by molar-refractivity contribution is 0.414. The van der Waals surface area contributed by atoms with E-state index in [0.29, 0.717) is 12.1 Å². The van der Waals surface area contributed by atoms with Gasteiger partial charge in [0.05, 0.1) is 12.0 Å². The minimum Gasteiger partial charge on any atom is -0.497 e. The molecule has 0 bridgehead atoms. The molecule has 0 radical (unpaired) electrons. The van der Waals surface area contributed by atoms with Crippen LogP contribution in [0.3, 0.4) is 0 Å². The Morgan fingerprint density at radius 2 is 1.65 bits per heavy atom. The van der Waals surface area contributed by atoms with Crippen LogP contribution in [0.2, 0.25) is 0 Å². The molecule has 4 aromatic rings.